The van der Waals surface area contributed by atoms with E-state index in [1.165, 1.54) is 4.90 Å². The fourth-order valence-electron chi connectivity index (χ4n) is 2.50. The average Bonchev–Trinajstić information content (AvgIpc) is 2.44. The highest BCUT2D eigenvalue weighted by Gasteiger charge is 2.46. The highest BCUT2D eigenvalue weighted by molar-refractivity contribution is 6.10. The van der Waals surface area contributed by atoms with Crippen LogP contribution >= 0.6 is 0 Å². The zero-order chi connectivity index (χ0) is 13.4. The molecule has 1 aromatic heterocycles. The molecule has 1 atom stereocenters. The molecule has 96 valence electrons. The molecule has 2 aliphatic rings. The van der Waals surface area contributed by atoms with E-state index in [2.05, 4.69) is 4.98 Å². The number of carbonyl (C=O) groups is 2. The van der Waals surface area contributed by atoms with E-state index in [9.17, 15) is 9.59 Å². The molecular weight excluding hydrogens is 244 g/mol. The van der Waals surface area contributed by atoms with Gasteiger partial charge in [-0.05, 0) is 31.1 Å². The van der Waals surface area contributed by atoms with Crippen LogP contribution in [0.15, 0.2) is 41.7 Å². The molecule has 0 bridgehead atoms. The molecule has 0 aliphatic carbocycles. The molecule has 19 heavy (non-hydrogen) atoms. The van der Waals surface area contributed by atoms with Gasteiger partial charge in [0.25, 0.3) is 5.91 Å². The maximum absolute atomic E-state index is 12.0. The van der Waals surface area contributed by atoms with Gasteiger partial charge in [-0.3, -0.25) is 14.7 Å². The lowest BCUT2D eigenvalue weighted by molar-refractivity contribution is -0.143. The maximum Gasteiger partial charge on any atom is 0.352 e. The van der Waals surface area contributed by atoms with Gasteiger partial charge in [0.1, 0.15) is 5.70 Å². The van der Waals surface area contributed by atoms with Crippen LogP contribution in [0, 0.1) is 0 Å². The summed E-state index contributed by atoms with van der Waals surface area (Å²) in [5, 5.41) is 9.06. The number of β-lactam (4-membered cyclic amide) rings is 1. The smallest absolute Gasteiger partial charge is 0.352 e. The van der Waals surface area contributed by atoms with E-state index in [0.717, 1.165) is 12.1 Å². The Morgan fingerprint density at radius 2 is 2.32 bits per heavy atom. The van der Waals surface area contributed by atoms with Crippen molar-refractivity contribution in [3.8, 4) is 0 Å². The average molecular weight is 256 g/mol. The lowest BCUT2D eigenvalue weighted by Crippen LogP contribution is -2.56. The summed E-state index contributed by atoms with van der Waals surface area (Å²) >= 11 is 0. The number of allylic oxidation sites excluding steroid dienone is 1. The van der Waals surface area contributed by atoms with Crippen molar-refractivity contribution in [2.24, 2.45) is 0 Å². The number of hydrogen-bond acceptors (Lipinski definition) is 3. The second-order valence-corrected chi connectivity index (χ2v) is 4.52. The van der Waals surface area contributed by atoms with Crippen molar-refractivity contribution in [2.45, 2.75) is 18.9 Å². The number of pyridine rings is 1. The number of rotatable bonds is 2. The number of aliphatic carboxylic acids is 1. The van der Waals surface area contributed by atoms with Crippen molar-refractivity contribution in [3.63, 3.8) is 0 Å². The molecule has 1 saturated heterocycles. The van der Waals surface area contributed by atoms with E-state index >= 15 is 0 Å². The van der Waals surface area contributed by atoms with Gasteiger partial charge in [0.2, 0.25) is 0 Å². The Balaban J connectivity index is 1.90. The Bertz CT molecular complexity index is 604. The van der Waals surface area contributed by atoms with E-state index in [4.69, 9.17) is 5.11 Å². The summed E-state index contributed by atoms with van der Waals surface area (Å²) < 4.78 is 0. The second-order valence-electron chi connectivity index (χ2n) is 4.52. The van der Waals surface area contributed by atoms with Gasteiger partial charge in [-0.2, -0.15) is 0 Å². The standard InChI is InChI=1S/C14H12N2O3/c17-13-10(8-9-4-1-2-7-15-9)11-5-3-6-12(14(18)19)16(11)13/h1-2,4,6-8,11H,3,5H2,(H,18,19)/b10-8+. The van der Waals surface area contributed by atoms with Crippen LogP contribution in [-0.2, 0) is 9.59 Å². The minimum atomic E-state index is -1.05. The predicted octanol–water partition coefficient (Wildman–Crippen LogP) is 1.44. The number of hydrogen-bond donors (Lipinski definition) is 1. The van der Waals surface area contributed by atoms with Crippen LogP contribution in [0.2, 0.25) is 0 Å². The Morgan fingerprint density at radius 3 is 3.00 bits per heavy atom. The summed E-state index contributed by atoms with van der Waals surface area (Å²) in [5.41, 5.74) is 1.46. The van der Waals surface area contributed by atoms with Crippen LogP contribution in [0.4, 0.5) is 0 Å². The van der Waals surface area contributed by atoms with Crippen molar-refractivity contribution in [2.75, 3.05) is 0 Å². The first-order chi connectivity index (χ1) is 9.18. The fraction of sp³-hybridized carbons (Fsp3) is 0.214. The van der Waals surface area contributed by atoms with Crippen molar-refractivity contribution in [1.82, 2.24) is 9.88 Å². The lowest BCUT2D eigenvalue weighted by atomic mass is 9.85. The Morgan fingerprint density at radius 1 is 1.47 bits per heavy atom. The summed E-state index contributed by atoms with van der Waals surface area (Å²) in [6.45, 7) is 0. The van der Waals surface area contributed by atoms with Crippen LogP contribution < -0.4 is 0 Å². The summed E-state index contributed by atoms with van der Waals surface area (Å²) in [7, 11) is 0. The van der Waals surface area contributed by atoms with Crippen molar-refractivity contribution in [1.29, 1.82) is 0 Å². The number of aromatic nitrogens is 1. The molecule has 1 aromatic rings. The molecule has 0 radical (unpaired) electrons. The normalized spacial score (nSPS) is 23.7. The first kappa shape index (κ1) is 11.6. The lowest BCUT2D eigenvalue weighted by Gasteiger charge is -2.45. The van der Waals surface area contributed by atoms with Gasteiger partial charge in [0.05, 0.1) is 11.7 Å². The number of carboxylic acids is 1. The Labute approximate surface area is 109 Å². The van der Waals surface area contributed by atoms with Crippen LogP contribution in [0.5, 0.6) is 0 Å². The minimum absolute atomic E-state index is 0.0967. The summed E-state index contributed by atoms with van der Waals surface area (Å²) in [5.74, 6) is -1.28. The molecule has 3 rings (SSSR count). The molecule has 0 spiro atoms. The van der Waals surface area contributed by atoms with E-state index in [1.807, 2.05) is 18.2 Å². The van der Waals surface area contributed by atoms with E-state index in [0.29, 0.717) is 12.0 Å². The highest BCUT2D eigenvalue weighted by atomic mass is 16.4. The fourth-order valence-corrected chi connectivity index (χ4v) is 2.50. The molecule has 1 amide bonds. The van der Waals surface area contributed by atoms with Gasteiger partial charge in [0, 0.05) is 11.8 Å². The van der Waals surface area contributed by atoms with Gasteiger partial charge < -0.3 is 5.11 Å². The molecule has 1 fully saturated rings. The SMILES string of the molecule is O=C(O)C1=CCCC2/C(=C\c3ccccn3)C(=O)N12. The minimum Gasteiger partial charge on any atom is -0.477 e. The largest absolute Gasteiger partial charge is 0.477 e. The molecule has 0 aromatic carbocycles. The highest BCUT2D eigenvalue weighted by Crippen LogP contribution is 2.37. The number of fused-ring (bicyclic) bond motifs is 1. The van der Waals surface area contributed by atoms with Gasteiger partial charge in [-0.15, -0.1) is 0 Å². The Kier molecular flexibility index (Phi) is 2.67. The number of carbonyl (C=O) groups excluding carboxylic acids is 1. The molecule has 5 nitrogen and oxygen atoms in total. The molecule has 2 aliphatic heterocycles. The number of amides is 1. The number of nitrogens with zero attached hydrogens (tertiary/aromatic N) is 2. The van der Waals surface area contributed by atoms with E-state index in [1.54, 1.807) is 18.3 Å². The van der Waals surface area contributed by atoms with Crippen LogP contribution in [0.1, 0.15) is 18.5 Å². The summed E-state index contributed by atoms with van der Waals surface area (Å²) in [4.78, 5) is 28.6. The molecule has 5 heteroatoms. The summed E-state index contributed by atoms with van der Waals surface area (Å²) in [6.07, 6.45) is 6.45. The zero-order valence-corrected chi connectivity index (χ0v) is 10.1. The van der Waals surface area contributed by atoms with Crippen molar-refractivity contribution < 1.29 is 14.7 Å². The maximum atomic E-state index is 12.0. The third-order valence-electron chi connectivity index (χ3n) is 3.38. The van der Waals surface area contributed by atoms with Crippen LogP contribution in [0.3, 0.4) is 0 Å². The van der Waals surface area contributed by atoms with Gasteiger partial charge in [0.15, 0.2) is 0 Å². The predicted molar refractivity (Wildman–Crippen MR) is 67.8 cm³/mol. The van der Waals surface area contributed by atoms with Gasteiger partial charge >= 0.3 is 5.97 Å². The summed E-state index contributed by atoms with van der Waals surface area (Å²) in [6, 6.07) is 5.36. The first-order valence-corrected chi connectivity index (χ1v) is 6.08. The quantitative estimate of drug-likeness (QED) is 0.642. The topological polar surface area (TPSA) is 70.5 Å². The van der Waals surface area contributed by atoms with E-state index < -0.39 is 5.97 Å². The van der Waals surface area contributed by atoms with Crippen LogP contribution in [0.25, 0.3) is 6.08 Å². The van der Waals surface area contributed by atoms with Crippen LogP contribution in [-0.4, -0.2) is 32.9 Å². The molecule has 1 unspecified atom stereocenters. The molecule has 1 N–H and O–H groups in total. The number of carboxylic acid groups (broad SMARTS) is 1. The van der Waals surface area contributed by atoms with Crippen molar-refractivity contribution in [3.05, 3.63) is 47.4 Å². The third-order valence-corrected chi connectivity index (χ3v) is 3.38. The van der Waals surface area contributed by atoms with E-state index in [-0.39, 0.29) is 17.6 Å². The van der Waals surface area contributed by atoms with Gasteiger partial charge in [-0.25, -0.2) is 4.79 Å². The third kappa shape index (κ3) is 1.83. The van der Waals surface area contributed by atoms with Gasteiger partial charge in [-0.1, -0.05) is 12.1 Å². The first-order valence-electron chi connectivity index (χ1n) is 6.08. The Hall–Kier alpha value is -2.43. The zero-order valence-electron chi connectivity index (χ0n) is 10.1. The van der Waals surface area contributed by atoms with Crippen molar-refractivity contribution >= 4 is 18.0 Å². The monoisotopic (exact) mass is 256 g/mol. The molecule has 0 saturated carbocycles. The second kappa shape index (κ2) is 4.35. The molecule has 3 heterocycles. The molecular formula is C14H12N2O3.